The second-order valence-corrected chi connectivity index (χ2v) is 7.45. The van der Waals surface area contributed by atoms with Crippen molar-refractivity contribution in [3.8, 4) is 11.5 Å². The van der Waals surface area contributed by atoms with Crippen LogP contribution >= 0.6 is 0 Å². The van der Waals surface area contributed by atoms with Gasteiger partial charge < -0.3 is 9.47 Å². The van der Waals surface area contributed by atoms with Gasteiger partial charge in [-0.3, -0.25) is 0 Å². The highest BCUT2D eigenvalue weighted by molar-refractivity contribution is 7.89. The van der Waals surface area contributed by atoms with Gasteiger partial charge in [-0.25, -0.2) is 13.1 Å². The van der Waals surface area contributed by atoms with Gasteiger partial charge in [0.25, 0.3) is 0 Å². The summed E-state index contributed by atoms with van der Waals surface area (Å²) in [6.45, 7) is 5.46. The van der Waals surface area contributed by atoms with Gasteiger partial charge in [-0.1, -0.05) is 6.07 Å². The largest absolute Gasteiger partial charge is 0.493 e. The lowest BCUT2D eigenvalue weighted by molar-refractivity contribution is 0.354. The minimum absolute atomic E-state index is 0.0414. The Hall–Kier alpha value is -1.27. The quantitative estimate of drug-likeness (QED) is 0.872. The van der Waals surface area contributed by atoms with Gasteiger partial charge >= 0.3 is 0 Å². The number of sulfonamides is 1. The lowest BCUT2D eigenvalue weighted by Gasteiger charge is -2.20. The molecule has 1 aromatic carbocycles. The fraction of sp³-hybridized carbons (Fsp3) is 0.571. The fourth-order valence-corrected chi connectivity index (χ4v) is 3.35. The number of benzene rings is 1. The zero-order valence-corrected chi connectivity index (χ0v) is 13.5. The Morgan fingerprint density at radius 3 is 2.20 bits per heavy atom. The number of aryl methyl sites for hydroxylation is 1. The fourth-order valence-electron chi connectivity index (χ4n) is 1.81. The van der Waals surface area contributed by atoms with Gasteiger partial charge in [-0.15, -0.1) is 0 Å². The normalized spacial score (nSPS) is 12.2. The number of hydrogen-bond acceptors (Lipinski definition) is 4. The van der Waals surface area contributed by atoms with Crippen LogP contribution < -0.4 is 14.2 Å². The first-order valence-electron chi connectivity index (χ1n) is 6.39. The SMILES string of the molecule is COc1ccc(CCS(=O)(=O)NC(C)(C)C)cc1OC. The Morgan fingerprint density at radius 1 is 1.10 bits per heavy atom. The predicted octanol–water partition coefficient (Wildman–Crippen LogP) is 1.96. The maximum Gasteiger partial charge on any atom is 0.212 e. The van der Waals surface area contributed by atoms with E-state index in [1.54, 1.807) is 26.4 Å². The van der Waals surface area contributed by atoms with Crippen LogP contribution in [0.5, 0.6) is 11.5 Å². The summed E-state index contributed by atoms with van der Waals surface area (Å²) in [6.07, 6.45) is 0.422. The molecule has 5 nitrogen and oxygen atoms in total. The van der Waals surface area contributed by atoms with E-state index >= 15 is 0 Å². The third-order valence-electron chi connectivity index (χ3n) is 2.57. The molecule has 0 saturated heterocycles. The van der Waals surface area contributed by atoms with Gasteiger partial charge in [-0.2, -0.15) is 0 Å². The molecule has 0 atom stereocenters. The van der Waals surface area contributed by atoms with Crippen molar-refractivity contribution in [3.05, 3.63) is 23.8 Å². The summed E-state index contributed by atoms with van der Waals surface area (Å²) in [5.74, 6) is 1.28. The molecule has 0 aliphatic carbocycles. The summed E-state index contributed by atoms with van der Waals surface area (Å²) >= 11 is 0. The average molecular weight is 301 g/mol. The first kappa shape index (κ1) is 16.8. The molecule has 0 aromatic heterocycles. The van der Waals surface area contributed by atoms with E-state index < -0.39 is 15.6 Å². The van der Waals surface area contributed by atoms with Gasteiger partial charge in [0.2, 0.25) is 10.0 Å². The minimum Gasteiger partial charge on any atom is -0.493 e. The molecule has 0 spiro atoms. The van der Waals surface area contributed by atoms with Crippen LogP contribution in [0.2, 0.25) is 0 Å². The van der Waals surface area contributed by atoms with Gasteiger partial charge in [0, 0.05) is 5.54 Å². The molecule has 0 bridgehead atoms. The highest BCUT2D eigenvalue weighted by Crippen LogP contribution is 2.27. The molecule has 20 heavy (non-hydrogen) atoms. The first-order chi connectivity index (χ1) is 9.17. The molecule has 0 aliphatic heterocycles. The van der Waals surface area contributed by atoms with Crippen LogP contribution in [0.4, 0.5) is 0 Å². The second kappa shape index (κ2) is 6.45. The average Bonchev–Trinajstić information content (AvgIpc) is 2.33. The predicted molar refractivity (Wildman–Crippen MR) is 79.9 cm³/mol. The Kier molecular flexibility index (Phi) is 5.42. The highest BCUT2D eigenvalue weighted by atomic mass is 32.2. The molecular weight excluding hydrogens is 278 g/mol. The van der Waals surface area contributed by atoms with Gasteiger partial charge in [0.1, 0.15) is 0 Å². The van der Waals surface area contributed by atoms with Gasteiger partial charge in [0.15, 0.2) is 11.5 Å². The number of hydrogen-bond donors (Lipinski definition) is 1. The molecule has 0 unspecified atom stereocenters. The maximum absolute atomic E-state index is 11.9. The zero-order chi connectivity index (χ0) is 15.4. The third-order valence-corrected chi connectivity index (χ3v) is 4.23. The molecule has 114 valence electrons. The summed E-state index contributed by atoms with van der Waals surface area (Å²) in [6, 6.07) is 5.41. The molecule has 1 N–H and O–H groups in total. The van der Waals surface area contributed by atoms with Crippen molar-refractivity contribution >= 4 is 10.0 Å². The van der Waals surface area contributed by atoms with Crippen molar-refractivity contribution in [2.45, 2.75) is 32.7 Å². The maximum atomic E-state index is 11.9. The number of rotatable bonds is 6. The monoisotopic (exact) mass is 301 g/mol. The molecule has 0 amide bonds. The van der Waals surface area contributed by atoms with Crippen molar-refractivity contribution in [1.82, 2.24) is 4.72 Å². The Morgan fingerprint density at radius 2 is 1.70 bits per heavy atom. The van der Waals surface area contributed by atoms with E-state index in [9.17, 15) is 8.42 Å². The first-order valence-corrected chi connectivity index (χ1v) is 8.04. The molecule has 1 rings (SSSR count). The summed E-state index contributed by atoms with van der Waals surface area (Å²) in [5, 5.41) is 0. The Labute approximate surface area is 121 Å². The second-order valence-electron chi connectivity index (χ2n) is 5.61. The Bertz CT molecular complexity index is 547. The van der Waals surface area contributed by atoms with Gasteiger partial charge in [0.05, 0.1) is 20.0 Å². The molecule has 1 aromatic rings. The summed E-state index contributed by atoms with van der Waals surface area (Å²) in [5.41, 5.74) is 0.429. The van der Waals surface area contributed by atoms with E-state index in [0.717, 1.165) is 5.56 Å². The third kappa shape index (κ3) is 5.38. The lowest BCUT2D eigenvalue weighted by atomic mass is 10.1. The lowest BCUT2D eigenvalue weighted by Crippen LogP contribution is -2.42. The van der Waals surface area contributed by atoms with E-state index in [1.807, 2.05) is 26.8 Å². The van der Waals surface area contributed by atoms with Crippen molar-refractivity contribution in [3.63, 3.8) is 0 Å². The Balaban J connectivity index is 2.75. The van der Waals surface area contributed by atoms with E-state index in [4.69, 9.17) is 9.47 Å². The topological polar surface area (TPSA) is 64.6 Å². The van der Waals surface area contributed by atoms with Crippen LogP contribution in [0.25, 0.3) is 0 Å². The summed E-state index contributed by atoms with van der Waals surface area (Å²) in [4.78, 5) is 0. The van der Waals surface area contributed by atoms with Crippen LogP contribution in [-0.2, 0) is 16.4 Å². The van der Waals surface area contributed by atoms with E-state index in [-0.39, 0.29) is 5.75 Å². The highest BCUT2D eigenvalue weighted by Gasteiger charge is 2.19. The van der Waals surface area contributed by atoms with Crippen LogP contribution in [-0.4, -0.2) is 33.9 Å². The van der Waals surface area contributed by atoms with Crippen molar-refractivity contribution in [2.75, 3.05) is 20.0 Å². The van der Waals surface area contributed by atoms with E-state index in [0.29, 0.717) is 17.9 Å². The molecule has 0 radical (unpaired) electrons. The van der Waals surface area contributed by atoms with Crippen molar-refractivity contribution < 1.29 is 17.9 Å². The smallest absolute Gasteiger partial charge is 0.212 e. The molecule has 0 aliphatic rings. The number of nitrogens with one attached hydrogen (secondary N) is 1. The molecule has 0 heterocycles. The van der Waals surface area contributed by atoms with Crippen molar-refractivity contribution in [2.24, 2.45) is 0 Å². The van der Waals surface area contributed by atoms with Crippen LogP contribution in [0.1, 0.15) is 26.3 Å². The van der Waals surface area contributed by atoms with Crippen molar-refractivity contribution in [1.29, 1.82) is 0 Å². The molecule has 0 saturated carbocycles. The van der Waals surface area contributed by atoms with Crippen LogP contribution in [0.3, 0.4) is 0 Å². The zero-order valence-electron chi connectivity index (χ0n) is 12.7. The van der Waals surface area contributed by atoms with E-state index in [2.05, 4.69) is 4.72 Å². The van der Waals surface area contributed by atoms with Gasteiger partial charge in [-0.05, 0) is 44.9 Å². The molecular formula is C14H23NO4S. The standard InChI is InChI=1S/C14H23NO4S/c1-14(2,3)15-20(16,17)9-8-11-6-7-12(18-4)13(10-11)19-5/h6-7,10,15H,8-9H2,1-5H3. The number of methoxy groups -OCH3 is 2. The van der Waals surface area contributed by atoms with Crippen LogP contribution in [0, 0.1) is 0 Å². The molecule has 0 fully saturated rings. The number of ether oxygens (including phenoxy) is 2. The minimum atomic E-state index is -3.29. The van der Waals surface area contributed by atoms with Crippen LogP contribution in [0.15, 0.2) is 18.2 Å². The summed E-state index contributed by atoms with van der Waals surface area (Å²) < 4.78 is 36.8. The van der Waals surface area contributed by atoms with E-state index in [1.165, 1.54) is 0 Å². The summed E-state index contributed by atoms with van der Waals surface area (Å²) in [7, 11) is -0.175. The molecule has 6 heteroatoms.